The smallest absolute Gasteiger partial charge is 0.347 e. The summed E-state index contributed by atoms with van der Waals surface area (Å²) in [7, 11) is 0. The molecule has 0 saturated carbocycles. The van der Waals surface area contributed by atoms with E-state index in [-0.39, 0.29) is 4.88 Å². The van der Waals surface area contributed by atoms with Crippen molar-refractivity contribution in [3.8, 4) is 0 Å². The molecule has 0 aliphatic rings. The topological polar surface area (TPSA) is 91.8 Å². The van der Waals surface area contributed by atoms with Gasteiger partial charge in [-0.1, -0.05) is 0 Å². The van der Waals surface area contributed by atoms with Crippen molar-refractivity contribution in [3.63, 3.8) is 0 Å². The normalized spacial score (nSPS) is 10.5. The summed E-state index contributed by atoms with van der Waals surface area (Å²) < 4.78 is 0.617. The van der Waals surface area contributed by atoms with Crippen LogP contribution in [0.4, 0.5) is 0 Å². The monoisotopic (exact) mass is 242 g/mol. The highest BCUT2D eigenvalue weighted by Gasteiger charge is 2.11. The molecule has 0 amide bonds. The predicted octanol–water partition coefficient (Wildman–Crippen LogP) is 1.42. The first kappa shape index (κ1) is 10.1. The average molecular weight is 242 g/mol. The number of thiazole rings is 1. The van der Waals surface area contributed by atoms with E-state index in [1.165, 1.54) is 18.0 Å². The van der Waals surface area contributed by atoms with Crippen molar-refractivity contribution in [3.05, 3.63) is 16.9 Å². The maximum absolute atomic E-state index is 10.6. The summed E-state index contributed by atoms with van der Waals surface area (Å²) in [5.41, 5.74) is 0. The molecular weight excluding hydrogens is 236 g/mol. The van der Waals surface area contributed by atoms with Gasteiger partial charge in [-0.05, 0) is 18.7 Å². The number of H-pyrrole nitrogens is 1. The molecule has 0 aliphatic heterocycles. The van der Waals surface area contributed by atoms with Gasteiger partial charge in [0.15, 0.2) is 4.34 Å². The number of carboxylic acids is 1. The molecule has 2 aromatic heterocycles. The average Bonchev–Trinajstić information content (AvgIpc) is 2.76. The number of carbonyl (C=O) groups is 1. The second-order valence-electron chi connectivity index (χ2n) is 2.60. The van der Waals surface area contributed by atoms with Gasteiger partial charge in [-0.25, -0.2) is 14.8 Å². The second kappa shape index (κ2) is 3.99. The Morgan fingerprint density at radius 1 is 1.67 bits per heavy atom. The third-order valence-corrected chi connectivity index (χ3v) is 3.38. The van der Waals surface area contributed by atoms with Gasteiger partial charge in [0.05, 0.1) is 6.20 Å². The molecule has 2 aromatic rings. The van der Waals surface area contributed by atoms with Crippen molar-refractivity contribution < 1.29 is 9.90 Å². The molecule has 0 radical (unpaired) electrons. The number of aromatic carboxylic acids is 1. The van der Waals surface area contributed by atoms with E-state index in [2.05, 4.69) is 20.2 Å². The molecule has 0 fully saturated rings. The van der Waals surface area contributed by atoms with E-state index in [1.807, 2.05) is 0 Å². The van der Waals surface area contributed by atoms with E-state index in [4.69, 9.17) is 5.11 Å². The SMILES string of the molecule is Cc1nc(Sc2ncc(C(=O)O)s2)n[nH]1. The standard InChI is InChI=1S/C7H6N4O2S2/c1-3-9-6(11-10-3)15-7-8-2-4(14-7)5(12)13/h2H,1H3,(H,12,13)(H,9,10,11). The van der Waals surface area contributed by atoms with Gasteiger partial charge in [-0.2, -0.15) is 0 Å². The largest absolute Gasteiger partial charge is 0.477 e. The molecule has 2 N–H and O–H groups in total. The van der Waals surface area contributed by atoms with Crippen LogP contribution >= 0.6 is 23.1 Å². The van der Waals surface area contributed by atoms with Gasteiger partial charge in [-0.3, -0.25) is 5.10 Å². The molecule has 0 bridgehead atoms. The maximum Gasteiger partial charge on any atom is 0.347 e. The summed E-state index contributed by atoms with van der Waals surface area (Å²) in [6.07, 6.45) is 1.33. The summed E-state index contributed by atoms with van der Waals surface area (Å²) in [6.45, 7) is 1.79. The van der Waals surface area contributed by atoms with Crippen LogP contribution in [0.15, 0.2) is 15.7 Å². The second-order valence-corrected chi connectivity index (χ2v) is 4.85. The van der Waals surface area contributed by atoms with Gasteiger partial charge in [0.2, 0.25) is 5.16 Å². The number of hydrogen-bond acceptors (Lipinski definition) is 6. The van der Waals surface area contributed by atoms with E-state index in [9.17, 15) is 4.79 Å². The van der Waals surface area contributed by atoms with Crippen molar-refractivity contribution in [1.29, 1.82) is 0 Å². The Bertz CT molecular complexity index is 493. The van der Waals surface area contributed by atoms with Crippen molar-refractivity contribution in [2.24, 2.45) is 0 Å². The van der Waals surface area contributed by atoms with Crippen molar-refractivity contribution in [2.75, 3.05) is 0 Å². The molecule has 0 aromatic carbocycles. The van der Waals surface area contributed by atoms with E-state index in [0.717, 1.165) is 11.3 Å². The molecule has 2 heterocycles. The molecule has 0 unspecified atom stereocenters. The van der Waals surface area contributed by atoms with Crippen LogP contribution in [0.3, 0.4) is 0 Å². The molecule has 0 spiro atoms. The summed E-state index contributed by atoms with van der Waals surface area (Å²) in [5, 5.41) is 15.8. The molecule has 0 atom stereocenters. The molecule has 78 valence electrons. The first-order chi connectivity index (χ1) is 7.15. The number of aryl methyl sites for hydroxylation is 1. The first-order valence-corrected chi connectivity index (χ1v) is 5.54. The van der Waals surface area contributed by atoms with E-state index < -0.39 is 5.97 Å². The predicted molar refractivity (Wildman–Crippen MR) is 54.3 cm³/mol. The highest BCUT2D eigenvalue weighted by atomic mass is 32.2. The van der Waals surface area contributed by atoms with Crippen LogP contribution in [0.1, 0.15) is 15.5 Å². The van der Waals surface area contributed by atoms with E-state index in [1.54, 1.807) is 6.92 Å². The lowest BCUT2D eigenvalue weighted by molar-refractivity contribution is 0.0702. The molecular formula is C7H6N4O2S2. The van der Waals surface area contributed by atoms with E-state index in [0.29, 0.717) is 15.3 Å². The molecule has 6 nitrogen and oxygen atoms in total. The van der Waals surface area contributed by atoms with Crippen molar-refractivity contribution in [1.82, 2.24) is 20.2 Å². The fourth-order valence-electron chi connectivity index (χ4n) is 0.850. The minimum atomic E-state index is -0.967. The van der Waals surface area contributed by atoms with Crippen LogP contribution < -0.4 is 0 Å². The fourth-order valence-corrected chi connectivity index (χ4v) is 2.53. The number of rotatable bonds is 3. The minimum Gasteiger partial charge on any atom is -0.477 e. The summed E-state index contributed by atoms with van der Waals surface area (Å²) in [6, 6.07) is 0. The summed E-state index contributed by atoms with van der Waals surface area (Å²) >= 11 is 2.34. The van der Waals surface area contributed by atoms with Crippen molar-refractivity contribution >= 4 is 29.1 Å². The number of nitrogens with one attached hydrogen (secondary N) is 1. The highest BCUT2D eigenvalue weighted by molar-refractivity contribution is 8.00. The molecule has 0 aliphatic carbocycles. The molecule has 2 rings (SSSR count). The zero-order valence-corrected chi connectivity index (χ0v) is 9.22. The Balaban J connectivity index is 2.14. The number of carboxylic acid groups (broad SMARTS) is 1. The lowest BCUT2D eigenvalue weighted by atomic mass is 10.6. The van der Waals surface area contributed by atoms with Gasteiger partial charge >= 0.3 is 5.97 Å². The van der Waals surface area contributed by atoms with Gasteiger partial charge in [0.1, 0.15) is 10.7 Å². The molecule has 15 heavy (non-hydrogen) atoms. The quantitative estimate of drug-likeness (QED) is 0.845. The van der Waals surface area contributed by atoms with Gasteiger partial charge in [-0.15, -0.1) is 16.4 Å². The molecule has 8 heteroatoms. The van der Waals surface area contributed by atoms with Crippen LogP contribution in [0.25, 0.3) is 0 Å². The lowest BCUT2D eigenvalue weighted by Gasteiger charge is -1.86. The fraction of sp³-hybridized carbons (Fsp3) is 0.143. The lowest BCUT2D eigenvalue weighted by Crippen LogP contribution is -1.89. The van der Waals surface area contributed by atoms with Crippen LogP contribution in [0.2, 0.25) is 0 Å². The maximum atomic E-state index is 10.6. The Labute approximate surface area is 92.8 Å². The Kier molecular flexibility index (Phi) is 2.69. The van der Waals surface area contributed by atoms with Crippen LogP contribution in [0.5, 0.6) is 0 Å². The highest BCUT2D eigenvalue weighted by Crippen LogP contribution is 2.28. The first-order valence-electron chi connectivity index (χ1n) is 3.91. The van der Waals surface area contributed by atoms with Gasteiger partial charge in [0, 0.05) is 0 Å². The van der Waals surface area contributed by atoms with Gasteiger partial charge < -0.3 is 5.11 Å². The van der Waals surface area contributed by atoms with E-state index >= 15 is 0 Å². The third kappa shape index (κ3) is 2.34. The van der Waals surface area contributed by atoms with Crippen LogP contribution in [-0.4, -0.2) is 31.2 Å². The van der Waals surface area contributed by atoms with Gasteiger partial charge in [0.25, 0.3) is 0 Å². The third-order valence-electron chi connectivity index (χ3n) is 1.45. The number of hydrogen-bond donors (Lipinski definition) is 2. The Morgan fingerprint density at radius 2 is 2.47 bits per heavy atom. The minimum absolute atomic E-state index is 0.213. The Morgan fingerprint density at radius 3 is 3.00 bits per heavy atom. The number of nitrogens with zero attached hydrogens (tertiary/aromatic N) is 3. The number of aromatic nitrogens is 4. The van der Waals surface area contributed by atoms with Crippen LogP contribution in [-0.2, 0) is 0 Å². The number of aromatic amines is 1. The molecule has 0 saturated heterocycles. The summed E-state index contributed by atoms with van der Waals surface area (Å²) in [5.74, 6) is -0.252. The van der Waals surface area contributed by atoms with Crippen molar-refractivity contribution in [2.45, 2.75) is 16.4 Å². The van der Waals surface area contributed by atoms with Crippen LogP contribution in [0, 0.1) is 6.92 Å². The summed E-state index contributed by atoms with van der Waals surface area (Å²) in [4.78, 5) is 18.8. The zero-order chi connectivity index (χ0) is 10.8. The zero-order valence-electron chi connectivity index (χ0n) is 7.59. The Hall–Kier alpha value is -1.41.